The van der Waals surface area contributed by atoms with Crippen LogP contribution in [0.1, 0.15) is 23.4 Å². The minimum atomic E-state index is -0.246. The number of ether oxygens (including phenoxy) is 1. The fourth-order valence-electron chi connectivity index (χ4n) is 1.91. The molecule has 1 aromatic carbocycles. The van der Waals surface area contributed by atoms with E-state index < -0.39 is 0 Å². The topological polar surface area (TPSA) is 21.3 Å². The van der Waals surface area contributed by atoms with Crippen LogP contribution in [0.2, 0.25) is 0 Å². The van der Waals surface area contributed by atoms with Crippen molar-refractivity contribution in [2.75, 3.05) is 7.11 Å². The summed E-state index contributed by atoms with van der Waals surface area (Å²) < 4.78 is 20.2. The van der Waals surface area contributed by atoms with Crippen LogP contribution in [-0.2, 0) is 6.54 Å². The van der Waals surface area contributed by atoms with E-state index in [1.54, 1.807) is 30.6 Å². The Labute approximate surface area is 124 Å². The van der Waals surface area contributed by atoms with Crippen LogP contribution in [0.5, 0.6) is 5.75 Å². The Morgan fingerprint density at radius 2 is 2.21 bits per heavy atom. The van der Waals surface area contributed by atoms with Gasteiger partial charge in [0.25, 0.3) is 0 Å². The number of rotatable bonds is 5. The van der Waals surface area contributed by atoms with Gasteiger partial charge < -0.3 is 10.1 Å². The zero-order valence-electron chi connectivity index (χ0n) is 10.7. The van der Waals surface area contributed by atoms with Crippen LogP contribution in [0.3, 0.4) is 0 Å². The molecule has 5 heteroatoms. The van der Waals surface area contributed by atoms with Crippen LogP contribution in [0.4, 0.5) is 4.39 Å². The number of methoxy groups -OCH3 is 1. The molecule has 1 unspecified atom stereocenters. The van der Waals surface area contributed by atoms with E-state index in [2.05, 4.69) is 21.2 Å². The van der Waals surface area contributed by atoms with Gasteiger partial charge in [-0.3, -0.25) is 0 Å². The molecule has 0 amide bonds. The van der Waals surface area contributed by atoms with Gasteiger partial charge in [-0.1, -0.05) is 6.07 Å². The Balaban J connectivity index is 2.12. The summed E-state index contributed by atoms with van der Waals surface area (Å²) in [5.74, 6) is 0.329. The summed E-state index contributed by atoms with van der Waals surface area (Å²) in [4.78, 5) is 1.20. The summed E-state index contributed by atoms with van der Waals surface area (Å²) in [6.45, 7) is 2.62. The van der Waals surface area contributed by atoms with Gasteiger partial charge >= 0.3 is 0 Å². The van der Waals surface area contributed by atoms with Gasteiger partial charge in [-0.2, -0.15) is 0 Å². The highest BCUT2D eigenvalue weighted by atomic mass is 79.9. The number of halogens is 2. The molecule has 0 radical (unpaired) electrons. The van der Waals surface area contributed by atoms with Gasteiger partial charge in [0.15, 0.2) is 0 Å². The number of hydrogen-bond donors (Lipinski definition) is 1. The molecular weight excluding hydrogens is 329 g/mol. The van der Waals surface area contributed by atoms with Crippen molar-refractivity contribution in [2.45, 2.75) is 19.5 Å². The minimum Gasteiger partial charge on any atom is -0.496 e. The number of hydrogen-bond acceptors (Lipinski definition) is 3. The maximum atomic E-state index is 13.9. The molecule has 0 bridgehead atoms. The number of nitrogens with one attached hydrogen (secondary N) is 1. The summed E-state index contributed by atoms with van der Waals surface area (Å²) in [6.07, 6.45) is 0. The fraction of sp³-hybridized carbons (Fsp3) is 0.286. The van der Waals surface area contributed by atoms with Gasteiger partial charge in [0.05, 0.1) is 7.11 Å². The van der Waals surface area contributed by atoms with E-state index in [0.717, 1.165) is 4.47 Å². The molecular formula is C14H15BrFNOS. The first-order chi connectivity index (χ1) is 9.13. The van der Waals surface area contributed by atoms with Crippen molar-refractivity contribution in [2.24, 2.45) is 0 Å². The average Bonchev–Trinajstić information content (AvgIpc) is 2.81. The van der Waals surface area contributed by atoms with E-state index in [1.165, 1.54) is 10.9 Å². The van der Waals surface area contributed by atoms with Gasteiger partial charge in [0.2, 0.25) is 0 Å². The quantitative estimate of drug-likeness (QED) is 0.862. The van der Waals surface area contributed by atoms with Crippen LogP contribution in [0.15, 0.2) is 34.1 Å². The normalized spacial score (nSPS) is 12.4. The van der Waals surface area contributed by atoms with Crippen LogP contribution in [-0.4, -0.2) is 7.11 Å². The summed E-state index contributed by atoms with van der Waals surface area (Å²) in [7, 11) is 1.56. The van der Waals surface area contributed by atoms with Gasteiger partial charge in [0, 0.05) is 27.5 Å². The Bertz CT molecular complexity index is 558. The Kier molecular flexibility index (Phi) is 4.96. The van der Waals surface area contributed by atoms with Crippen molar-refractivity contribution in [3.05, 3.63) is 50.4 Å². The molecule has 1 heterocycles. The largest absolute Gasteiger partial charge is 0.496 e. The van der Waals surface area contributed by atoms with Gasteiger partial charge in [-0.05, 0) is 46.4 Å². The molecule has 0 saturated heterocycles. The molecule has 102 valence electrons. The van der Waals surface area contributed by atoms with E-state index in [-0.39, 0.29) is 11.9 Å². The van der Waals surface area contributed by atoms with Crippen molar-refractivity contribution >= 4 is 27.3 Å². The number of benzene rings is 1. The minimum absolute atomic E-state index is 0.120. The van der Waals surface area contributed by atoms with Crippen LogP contribution in [0, 0.1) is 5.82 Å². The Morgan fingerprint density at radius 3 is 2.84 bits per heavy atom. The smallest absolute Gasteiger partial charge is 0.131 e. The first-order valence-corrected chi connectivity index (χ1v) is 7.58. The van der Waals surface area contributed by atoms with Crippen LogP contribution < -0.4 is 10.1 Å². The highest BCUT2D eigenvalue weighted by Gasteiger charge is 2.16. The summed E-state index contributed by atoms with van der Waals surface area (Å²) >= 11 is 5.15. The van der Waals surface area contributed by atoms with Crippen molar-refractivity contribution in [1.29, 1.82) is 0 Å². The molecule has 2 aromatic rings. The molecule has 1 aromatic heterocycles. The highest BCUT2D eigenvalue weighted by molar-refractivity contribution is 9.10. The second-order valence-corrected chi connectivity index (χ2v) is 6.01. The first kappa shape index (κ1) is 14.5. The summed E-state index contributed by atoms with van der Waals surface area (Å²) in [5.41, 5.74) is 0.567. The second-order valence-electron chi connectivity index (χ2n) is 4.15. The van der Waals surface area contributed by atoms with Crippen molar-refractivity contribution in [3.8, 4) is 5.75 Å². The molecule has 0 aliphatic heterocycles. The summed E-state index contributed by atoms with van der Waals surface area (Å²) in [6, 6.07) is 6.77. The fourth-order valence-corrected chi connectivity index (χ4v) is 3.36. The zero-order valence-corrected chi connectivity index (χ0v) is 13.1. The molecule has 0 aliphatic carbocycles. The van der Waals surface area contributed by atoms with Crippen LogP contribution >= 0.6 is 27.3 Å². The van der Waals surface area contributed by atoms with Crippen molar-refractivity contribution in [3.63, 3.8) is 0 Å². The maximum Gasteiger partial charge on any atom is 0.131 e. The molecule has 1 atom stereocenters. The van der Waals surface area contributed by atoms with E-state index in [0.29, 0.717) is 17.9 Å². The third-order valence-electron chi connectivity index (χ3n) is 2.93. The lowest BCUT2D eigenvalue weighted by Crippen LogP contribution is -2.19. The van der Waals surface area contributed by atoms with Crippen molar-refractivity contribution < 1.29 is 9.13 Å². The summed E-state index contributed by atoms with van der Waals surface area (Å²) in [5, 5.41) is 5.34. The first-order valence-electron chi connectivity index (χ1n) is 5.91. The molecule has 19 heavy (non-hydrogen) atoms. The average molecular weight is 344 g/mol. The lowest BCUT2D eigenvalue weighted by atomic mass is 10.1. The zero-order chi connectivity index (χ0) is 13.8. The third-order valence-corrected chi connectivity index (χ3v) is 4.85. The van der Waals surface area contributed by atoms with Crippen molar-refractivity contribution in [1.82, 2.24) is 5.32 Å². The Morgan fingerprint density at radius 1 is 1.42 bits per heavy atom. The standard InChI is InChI=1S/C14H15BrFNOS/c1-9(17-8-13-10(15)6-7-19-13)14-11(16)4-3-5-12(14)18-2/h3-7,9,17H,8H2,1-2H3. The molecule has 2 nitrogen and oxygen atoms in total. The van der Waals surface area contributed by atoms with Crippen LogP contribution in [0.25, 0.3) is 0 Å². The molecule has 1 N–H and O–H groups in total. The van der Waals surface area contributed by atoms with Gasteiger partial charge in [0.1, 0.15) is 11.6 Å². The van der Waals surface area contributed by atoms with Gasteiger partial charge in [-0.15, -0.1) is 11.3 Å². The highest BCUT2D eigenvalue weighted by Crippen LogP contribution is 2.29. The Hall–Kier alpha value is -0.910. The van der Waals surface area contributed by atoms with E-state index >= 15 is 0 Å². The molecule has 0 saturated carbocycles. The number of thiophene rings is 1. The predicted octanol–water partition coefficient (Wildman–Crippen LogP) is 4.51. The monoisotopic (exact) mass is 343 g/mol. The molecule has 0 spiro atoms. The predicted molar refractivity (Wildman–Crippen MR) is 80.2 cm³/mol. The van der Waals surface area contributed by atoms with E-state index in [4.69, 9.17) is 4.74 Å². The SMILES string of the molecule is COc1cccc(F)c1C(C)NCc1sccc1Br. The maximum absolute atomic E-state index is 13.9. The van der Waals surface area contributed by atoms with Gasteiger partial charge in [-0.25, -0.2) is 4.39 Å². The molecule has 0 aliphatic rings. The van der Waals surface area contributed by atoms with E-state index in [1.807, 2.05) is 18.4 Å². The third kappa shape index (κ3) is 3.35. The molecule has 0 fully saturated rings. The lowest BCUT2D eigenvalue weighted by Gasteiger charge is -2.17. The second kappa shape index (κ2) is 6.50. The van der Waals surface area contributed by atoms with E-state index in [9.17, 15) is 4.39 Å². The molecule has 2 rings (SSSR count). The lowest BCUT2D eigenvalue weighted by molar-refractivity contribution is 0.393.